The Morgan fingerprint density at radius 2 is 2.04 bits per heavy atom. The Hall–Kier alpha value is -2.97. The summed E-state index contributed by atoms with van der Waals surface area (Å²) in [6.07, 6.45) is 1.70. The fraction of sp³-hybridized carbons (Fsp3) is 0.444. The maximum atomic E-state index is 13.5. The van der Waals surface area contributed by atoms with Crippen LogP contribution in [0.15, 0.2) is 24.3 Å². The van der Waals surface area contributed by atoms with Crippen LogP contribution in [0.4, 0.5) is 9.18 Å². The van der Waals surface area contributed by atoms with E-state index < -0.39 is 48.3 Å². The Morgan fingerprint density at radius 3 is 2.70 bits per heavy atom. The standard InChI is InChI=1S/C18H20FN3O5/c1-18(12-6-7-12)16(25)22(17(26)21-18)9-15(24)27-10-14(23)20-8-11-4-2-3-5-13(11)19/h2-5,12H,6-10H2,1H3,(H,20,23)(H,21,26)/t18-/m0/s1. The van der Waals surface area contributed by atoms with Crippen LogP contribution in [-0.2, 0) is 25.7 Å². The van der Waals surface area contributed by atoms with E-state index in [1.165, 1.54) is 18.2 Å². The molecule has 144 valence electrons. The molecule has 1 heterocycles. The second kappa shape index (κ2) is 7.34. The molecule has 0 radical (unpaired) electrons. The molecule has 0 aromatic heterocycles. The van der Waals surface area contributed by atoms with Gasteiger partial charge in [-0.05, 0) is 31.7 Å². The van der Waals surface area contributed by atoms with Crippen molar-refractivity contribution in [3.8, 4) is 0 Å². The zero-order valence-electron chi connectivity index (χ0n) is 14.8. The molecular formula is C18H20FN3O5. The molecule has 0 spiro atoms. The highest BCUT2D eigenvalue weighted by atomic mass is 19.1. The van der Waals surface area contributed by atoms with Crippen molar-refractivity contribution in [2.45, 2.75) is 31.8 Å². The van der Waals surface area contributed by atoms with E-state index in [9.17, 15) is 23.6 Å². The molecule has 27 heavy (non-hydrogen) atoms. The molecule has 8 nitrogen and oxygen atoms in total. The summed E-state index contributed by atoms with van der Waals surface area (Å²) in [5.41, 5.74) is -0.676. The van der Waals surface area contributed by atoms with Gasteiger partial charge in [0.25, 0.3) is 11.8 Å². The number of carbonyl (C=O) groups excluding carboxylic acids is 4. The monoisotopic (exact) mass is 377 g/mol. The first-order valence-corrected chi connectivity index (χ1v) is 8.61. The summed E-state index contributed by atoms with van der Waals surface area (Å²) >= 11 is 0. The molecule has 1 saturated carbocycles. The summed E-state index contributed by atoms with van der Waals surface area (Å²) < 4.78 is 18.3. The van der Waals surface area contributed by atoms with E-state index in [4.69, 9.17) is 4.74 Å². The number of imide groups is 1. The van der Waals surface area contributed by atoms with Crippen LogP contribution >= 0.6 is 0 Å². The van der Waals surface area contributed by atoms with Crippen molar-refractivity contribution in [3.05, 3.63) is 35.6 Å². The predicted octanol–water partition coefficient (Wildman–Crippen LogP) is 0.706. The van der Waals surface area contributed by atoms with Gasteiger partial charge >= 0.3 is 12.0 Å². The van der Waals surface area contributed by atoms with Crippen molar-refractivity contribution in [1.82, 2.24) is 15.5 Å². The van der Waals surface area contributed by atoms with Gasteiger partial charge in [-0.1, -0.05) is 18.2 Å². The first-order chi connectivity index (χ1) is 12.8. The minimum absolute atomic E-state index is 0.0458. The van der Waals surface area contributed by atoms with Gasteiger partial charge in [0, 0.05) is 12.1 Å². The van der Waals surface area contributed by atoms with E-state index in [0.717, 1.165) is 17.7 Å². The smallest absolute Gasteiger partial charge is 0.326 e. The summed E-state index contributed by atoms with van der Waals surface area (Å²) in [7, 11) is 0. The number of halogens is 1. The van der Waals surface area contributed by atoms with Crippen LogP contribution in [0.25, 0.3) is 0 Å². The number of urea groups is 1. The van der Waals surface area contributed by atoms with E-state index >= 15 is 0 Å². The van der Waals surface area contributed by atoms with E-state index in [0.29, 0.717) is 5.56 Å². The predicted molar refractivity (Wildman–Crippen MR) is 90.6 cm³/mol. The number of hydrogen-bond acceptors (Lipinski definition) is 5. The number of carbonyl (C=O) groups is 4. The van der Waals surface area contributed by atoms with Crippen molar-refractivity contribution >= 4 is 23.8 Å². The summed E-state index contributed by atoms with van der Waals surface area (Å²) in [4.78, 5) is 48.8. The third-order valence-electron chi connectivity index (χ3n) is 4.78. The van der Waals surface area contributed by atoms with Crippen LogP contribution in [0.3, 0.4) is 0 Å². The molecule has 2 aliphatic rings. The van der Waals surface area contributed by atoms with Crippen molar-refractivity contribution in [2.75, 3.05) is 13.2 Å². The lowest BCUT2D eigenvalue weighted by molar-refractivity contribution is -0.151. The average molecular weight is 377 g/mol. The fourth-order valence-corrected chi connectivity index (χ4v) is 3.00. The second-order valence-electron chi connectivity index (χ2n) is 6.83. The lowest BCUT2D eigenvalue weighted by atomic mass is 9.96. The highest BCUT2D eigenvalue weighted by Crippen LogP contribution is 2.42. The molecular weight excluding hydrogens is 357 g/mol. The third kappa shape index (κ3) is 4.07. The Kier molecular flexibility index (Phi) is 5.11. The maximum absolute atomic E-state index is 13.5. The summed E-state index contributed by atoms with van der Waals surface area (Å²) in [5, 5.41) is 5.05. The molecule has 1 aromatic carbocycles. The van der Waals surface area contributed by atoms with E-state index in [2.05, 4.69) is 10.6 Å². The number of nitrogens with zero attached hydrogens (tertiary/aromatic N) is 1. The van der Waals surface area contributed by atoms with Gasteiger partial charge in [0.1, 0.15) is 17.9 Å². The van der Waals surface area contributed by atoms with Crippen LogP contribution in [-0.4, -0.2) is 47.4 Å². The highest BCUT2D eigenvalue weighted by Gasteiger charge is 2.56. The largest absolute Gasteiger partial charge is 0.454 e. The molecule has 4 amide bonds. The first-order valence-electron chi connectivity index (χ1n) is 8.61. The minimum atomic E-state index is -0.978. The molecule has 2 fully saturated rings. The van der Waals surface area contributed by atoms with Gasteiger partial charge in [0.2, 0.25) is 0 Å². The number of benzene rings is 1. The topological polar surface area (TPSA) is 105 Å². The highest BCUT2D eigenvalue weighted by molar-refractivity contribution is 6.08. The van der Waals surface area contributed by atoms with Crippen LogP contribution in [0.2, 0.25) is 0 Å². The Balaban J connectivity index is 1.44. The normalized spacial score (nSPS) is 21.8. The maximum Gasteiger partial charge on any atom is 0.326 e. The number of hydrogen-bond donors (Lipinski definition) is 2. The van der Waals surface area contributed by atoms with Crippen LogP contribution in [0.5, 0.6) is 0 Å². The fourth-order valence-electron chi connectivity index (χ4n) is 3.00. The third-order valence-corrected chi connectivity index (χ3v) is 4.78. The Labute approximate surface area is 155 Å². The van der Waals surface area contributed by atoms with E-state index in [-0.39, 0.29) is 12.5 Å². The van der Waals surface area contributed by atoms with Gasteiger partial charge in [-0.2, -0.15) is 0 Å². The van der Waals surface area contributed by atoms with Crippen molar-refractivity contribution in [2.24, 2.45) is 5.92 Å². The van der Waals surface area contributed by atoms with Gasteiger partial charge < -0.3 is 15.4 Å². The summed E-state index contributed by atoms with van der Waals surface area (Å²) in [5.74, 6) is -2.33. The molecule has 1 aliphatic heterocycles. The number of esters is 1. The zero-order valence-corrected chi connectivity index (χ0v) is 14.8. The van der Waals surface area contributed by atoms with Gasteiger partial charge in [-0.15, -0.1) is 0 Å². The summed E-state index contributed by atoms with van der Waals surface area (Å²) in [6, 6.07) is 5.32. The number of ether oxygens (including phenoxy) is 1. The lowest BCUT2D eigenvalue weighted by Gasteiger charge is -2.20. The molecule has 3 rings (SSSR count). The molecule has 9 heteroatoms. The number of nitrogens with one attached hydrogen (secondary N) is 2. The van der Waals surface area contributed by atoms with E-state index in [1.54, 1.807) is 13.0 Å². The van der Waals surface area contributed by atoms with Crippen molar-refractivity contribution in [1.29, 1.82) is 0 Å². The summed E-state index contributed by atoms with van der Waals surface area (Å²) in [6.45, 7) is 0.451. The first kappa shape index (κ1) is 18.8. The molecule has 0 unspecified atom stereocenters. The lowest BCUT2D eigenvalue weighted by Crippen LogP contribution is -2.46. The molecule has 2 N–H and O–H groups in total. The second-order valence-corrected chi connectivity index (χ2v) is 6.83. The van der Waals surface area contributed by atoms with Gasteiger partial charge in [-0.3, -0.25) is 19.3 Å². The Bertz CT molecular complexity index is 795. The van der Waals surface area contributed by atoms with Gasteiger partial charge in [0.05, 0.1) is 0 Å². The van der Waals surface area contributed by atoms with Crippen molar-refractivity contribution < 1.29 is 28.3 Å². The molecule has 1 saturated heterocycles. The van der Waals surface area contributed by atoms with Crippen LogP contribution < -0.4 is 10.6 Å². The Morgan fingerprint density at radius 1 is 1.33 bits per heavy atom. The quantitative estimate of drug-likeness (QED) is 0.538. The molecule has 1 aromatic rings. The van der Waals surface area contributed by atoms with Crippen LogP contribution in [0, 0.1) is 11.7 Å². The molecule has 1 atom stereocenters. The van der Waals surface area contributed by atoms with Crippen molar-refractivity contribution in [3.63, 3.8) is 0 Å². The SMILES string of the molecule is C[C@@]1(C2CC2)NC(=O)N(CC(=O)OCC(=O)NCc2ccccc2F)C1=O. The molecule has 1 aliphatic carbocycles. The van der Waals surface area contributed by atoms with E-state index in [1.807, 2.05) is 0 Å². The molecule has 0 bridgehead atoms. The number of amides is 4. The zero-order chi connectivity index (χ0) is 19.6. The van der Waals surface area contributed by atoms with Gasteiger partial charge in [0.15, 0.2) is 6.61 Å². The van der Waals surface area contributed by atoms with Gasteiger partial charge in [-0.25, -0.2) is 9.18 Å². The average Bonchev–Trinajstić information content (AvgIpc) is 3.45. The number of rotatable bonds is 7. The minimum Gasteiger partial charge on any atom is -0.454 e. The van der Waals surface area contributed by atoms with Crippen LogP contribution in [0.1, 0.15) is 25.3 Å².